The van der Waals surface area contributed by atoms with Gasteiger partial charge in [0.2, 0.25) is 0 Å². The second-order valence-electron chi connectivity index (χ2n) is 8.25. The number of nitrogens with zero attached hydrogens (tertiary/aromatic N) is 4. The Labute approximate surface area is 196 Å². The molecule has 0 bridgehead atoms. The van der Waals surface area contributed by atoms with E-state index in [1.54, 1.807) is 30.1 Å². The van der Waals surface area contributed by atoms with Crippen LogP contribution >= 0.6 is 11.3 Å². The summed E-state index contributed by atoms with van der Waals surface area (Å²) >= 11 is 1.69. The van der Waals surface area contributed by atoms with E-state index in [1.165, 1.54) is 0 Å². The van der Waals surface area contributed by atoms with Gasteiger partial charge in [-0.05, 0) is 31.0 Å². The van der Waals surface area contributed by atoms with E-state index in [0.717, 1.165) is 64.5 Å². The zero-order valence-electron chi connectivity index (χ0n) is 18.6. The van der Waals surface area contributed by atoms with Gasteiger partial charge in [0.25, 0.3) is 5.56 Å². The maximum Gasteiger partial charge on any atom is 0.270 e. The van der Waals surface area contributed by atoms with Gasteiger partial charge < -0.3 is 14.2 Å². The lowest BCUT2D eigenvalue weighted by Crippen LogP contribution is -2.35. The summed E-state index contributed by atoms with van der Waals surface area (Å²) in [7, 11) is 3.40. The Bertz CT molecular complexity index is 1420. The van der Waals surface area contributed by atoms with Gasteiger partial charge in [-0.25, -0.2) is 4.98 Å². The molecule has 5 rings (SSSR count). The van der Waals surface area contributed by atoms with Crippen molar-refractivity contribution in [2.24, 2.45) is 7.05 Å². The lowest BCUT2D eigenvalue weighted by atomic mass is 9.96. The maximum atomic E-state index is 12.8. The van der Waals surface area contributed by atoms with Gasteiger partial charge in [0.1, 0.15) is 17.4 Å². The highest BCUT2D eigenvalue weighted by Crippen LogP contribution is 2.38. The third-order valence-electron chi connectivity index (χ3n) is 6.45. The average molecular weight is 457 g/mol. The molecule has 1 saturated heterocycles. The first-order chi connectivity index (χ1) is 16.1. The highest BCUT2D eigenvalue weighted by Gasteiger charge is 2.27. The fourth-order valence-corrected chi connectivity index (χ4v) is 5.71. The largest absolute Gasteiger partial charge is 0.496 e. The lowest BCUT2D eigenvalue weighted by molar-refractivity contribution is 0.416. The van der Waals surface area contributed by atoms with E-state index >= 15 is 0 Å². The molecule has 6 nitrogen and oxygen atoms in total. The maximum absolute atomic E-state index is 12.8. The molecule has 0 atom stereocenters. The van der Waals surface area contributed by atoms with Crippen molar-refractivity contribution in [2.45, 2.75) is 18.8 Å². The Morgan fingerprint density at radius 3 is 2.61 bits per heavy atom. The topological polar surface area (TPSA) is 71.2 Å². The minimum absolute atomic E-state index is 0.224. The molecular formula is C26H24N4O2S. The van der Waals surface area contributed by atoms with Crippen molar-refractivity contribution in [3.63, 3.8) is 0 Å². The van der Waals surface area contributed by atoms with Crippen LogP contribution in [0.4, 0.5) is 5.69 Å². The standard InChI is InChI=1S/C26H24N4O2S/c1-29-22-9-5-3-8-19(22)24(20(15-27)26(29)31)30-13-11-17(12-14-30)25-28-21(16-33-25)18-7-4-6-10-23(18)32-2/h3-10,16-17H,11-14H2,1-2H3. The summed E-state index contributed by atoms with van der Waals surface area (Å²) < 4.78 is 7.07. The number of fused-ring (bicyclic) bond motifs is 1. The van der Waals surface area contributed by atoms with Crippen molar-refractivity contribution in [2.75, 3.05) is 25.1 Å². The zero-order chi connectivity index (χ0) is 22.9. The number of benzene rings is 2. The molecule has 0 N–H and O–H groups in total. The summed E-state index contributed by atoms with van der Waals surface area (Å²) in [4.78, 5) is 20.0. The number of aromatic nitrogens is 2. The van der Waals surface area contributed by atoms with Gasteiger partial charge in [-0.3, -0.25) is 4.79 Å². The molecule has 0 amide bonds. The number of ether oxygens (including phenoxy) is 1. The van der Waals surface area contributed by atoms with Crippen LogP contribution < -0.4 is 15.2 Å². The number of thiazole rings is 1. The molecule has 3 heterocycles. The number of piperidine rings is 1. The number of hydrogen-bond acceptors (Lipinski definition) is 6. The summed E-state index contributed by atoms with van der Waals surface area (Å²) in [6.07, 6.45) is 1.85. The summed E-state index contributed by atoms with van der Waals surface area (Å²) in [5.41, 5.74) is 3.55. The van der Waals surface area contributed by atoms with Crippen molar-refractivity contribution < 1.29 is 4.74 Å². The van der Waals surface area contributed by atoms with Crippen LogP contribution in [0, 0.1) is 11.3 Å². The highest BCUT2D eigenvalue weighted by atomic mass is 32.1. The Balaban J connectivity index is 1.42. The molecule has 0 saturated carbocycles. The van der Waals surface area contributed by atoms with Gasteiger partial charge in [0, 0.05) is 42.4 Å². The van der Waals surface area contributed by atoms with Gasteiger partial charge in [0.05, 0.1) is 29.0 Å². The summed E-state index contributed by atoms with van der Waals surface area (Å²) in [5.74, 6) is 1.18. The normalized spacial score (nSPS) is 14.4. The number of methoxy groups -OCH3 is 1. The third kappa shape index (κ3) is 3.66. The second kappa shape index (κ2) is 8.72. The lowest BCUT2D eigenvalue weighted by Gasteiger charge is -2.34. The Morgan fingerprint density at radius 2 is 1.85 bits per heavy atom. The van der Waals surface area contributed by atoms with Gasteiger partial charge in [-0.15, -0.1) is 11.3 Å². The van der Waals surface area contributed by atoms with Crippen LogP contribution in [0.15, 0.2) is 58.7 Å². The van der Waals surface area contributed by atoms with E-state index in [9.17, 15) is 10.1 Å². The molecule has 33 heavy (non-hydrogen) atoms. The van der Waals surface area contributed by atoms with Crippen molar-refractivity contribution in [3.8, 4) is 23.1 Å². The smallest absolute Gasteiger partial charge is 0.270 e. The van der Waals surface area contributed by atoms with E-state index in [2.05, 4.69) is 16.3 Å². The van der Waals surface area contributed by atoms with Crippen LogP contribution in [-0.2, 0) is 7.05 Å². The number of aryl methyl sites for hydroxylation is 1. The van der Waals surface area contributed by atoms with E-state index in [-0.39, 0.29) is 11.1 Å². The molecule has 1 fully saturated rings. The molecule has 0 spiro atoms. The minimum Gasteiger partial charge on any atom is -0.496 e. The monoisotopic (exact) mass is 456 g/mol. The quantitative estimate of drug-likeness (QED) is 0.436. The van der Waals surface area contributed by atoms with Crippen LogP contribution in [-0.4, -0.2) is 29.8 Å². The molecule has 0 aliphatic carbocycles. The van der Waals surface area contributed by atoms with Gasteiger partial charge in [-0.1, -0.05) is 30.3 Å². The molecule has 166 valence electrons. The fraction of sp³-hybridized carbons (Fsp3) is 0.269. The van der Waals surface area contributed by atoms with Crippen LogP contribution in [0.3, 0.4) is 0 Å². The first-order valence-electron chi connectivity index (χ1n) is 11.0. The molecule has 2 aromatic carbocycles. The van der Waals surface area contributed by atoms with E-state index in [4.69, 9.17) is 9.72 Å². The summed E-state index contributed by atoms with van der Waals surface area (Å²) in [5, 5.41) is 14.0. The van der Waals surface area contributed by atoms with Gasteiger partial charge >= 0.3 is 0 Å². The van der Waals surface area contributed by atoms with Crippen molar-refractivity contribution in [1.82, 2.24) is 9.55 Å². The SMILES string of the molecule is COc1ccccc1-c1csc(C2CCN(c3c(C#N)c(=O)n(C)c4ccccc34)CC2)n1. The van der Waals surface area contributed by atoms with Crippen LogP contribution in [0.2, 0.25) is 0 Å². The fourth-order valence-electron chi connectivity index (χ4n) is 4.71. The number of nitriles is 1. The highest BCUT2D eigenvalue weighted by molar-refractivity contribution is 7.10. The van der Waals surface area contributed by atoms with E-state index in [1.807, 2.05) is 48.5 Å². The van der Waals surface area contributed by atoms with Gasteiger partial charge in [-0.2, -0.15) is 5.26 Å². The molecule has 0 radical (unpaired) electrons. The number of hydrogen-bond donors (Lipinski definition) is 0. The average Bonchev–Trinajstić information content (AvgIpc) is 3.36. The molecule has 1 aliphatic rings. The van der Waals surface area contributed by atoms with Crippen LogP contribution in [0.5, 0.6) is 5.75 Å². The molecule has 0 unspecified atom stereocenters. The van der Waals surface area contributed by atoms with Crippen LogP contribution in [0.25, 0.3) is 22.2 Å². The predicted octanol–water partition coefficient (Wildman–Crippen LogP) is 4.93. The Kier molecular flexibility index (Phi) is 5.61. The summed E-state index contributed by atoms with van der Waals surface area (Å²) in [6.45, 7) is 1.56. The summed E-state index contributed by atoms with van der Waals surface area (Å²) in [6, 6.07) is 17.9. The predicted molar refractivity (Wildman–Crippen MR) is 132 cm³/mol. The van der Waals surface area contributed by atoms with E-state index in [0.29, 0.717) is 5.92 Å². The second-order valence-corrected chi connectivity index (χ2v) is 9.14. The molecule has 4 aromatic rings. The molecular weight excluding hydrogens is 432 g/mol. The Hall–Kier alpha value is -3.63. The van der Waals surface area contributed by atoms with Crippen molar-refractivity contribution in [3.05, 3.63) is 74.8 Å². The molecule has 2 aromatic heterocycles. The van der Waals surface area contributed by atoms with Crippen molar-refractivity contribution in [1.29, 1.82) is 5.26 Å². The first kappa shape index (κ1) is 21.2. The molecule has 1 aliphatic heterocycles. The number of anilines is 1. The number of pyridine rings is 1. The zero-order valence-corrected chi connectivity index (χ0v) is 19.4. The molecule has 7 heteroatoms. The van der Waals surface area contributed by atoms with Crippen molar-refractivity contribution >= 4 is 27.9 Å². The van der Waals surface area contributed by atoms with E-state index < -0.39 is 0 Å². The van der Waals surface area contributed by atoms with Crippen LogP contribution in [0.1, 0.15) is 29.3 Å². The number of rotatable bonds is 4. The first-order valence-corrected chi connectivity index (χ1v) is 11.9. The minimum atomic E-state index is -0.241. The van der Waals surface area contributed by atoms with Gasteiger partial charge in [0.15, 0.2) is 0 Å². The number of para-hydroxylation sites is 2. The third-order valence-corrected chi connectivity index (χ3v) is 7.46. The Morgan fingerprint density at radius 1 is 1.12 bits per heavy atom.